The maximum atomic E-state index is 12.1. The van der Waals surface area contributed by atoms with Crippen molar-refractivity contribution in [3.8, 4) is 0 Å². The maximum Gasteiger partial charge on any atom is 0.325 e. The molecule has 3 aromatic rings. The number of hydrogen-bond donors (Lipinski definition) is 4. The molecule has 0 aliphatic heterocycles. The van der Waals surface area contributed by atoms with Crippen LogP contribution >= 0.6 is 0 Å². The van der Waals surface area contributed by atoms with Crippen LogP contribution in [-0.4, -0.2) is 27.5 Å². The van der Waals surface area contributed by atoms with Gasteiger partial charge in [0.15, 0.2) is 0 Å². The first-order chi connectivity index (χ1) is 13.0. The van der Waals surface area contributed by atoms with Crippen LogP contribution in [0.25, 0.3) is 10.8 Å². The van der Waals surface area contributed by atoms with Crippen LogP contribution in [0.3, 0.4) is 0 Å². The van der Waals surface area contributed by atoms with Crippen molar-refractivity contribution >= 4 is 16.7 Å². The summed E-state index contributed by atoms with van der Waals surface area (Å²) >= 11 is 0. The van der Waals surface area contributed by atoms with Crippen molar-refractivity contribution in [2.24, 2.45) is 0 Å². The molecule has 0 aliphatic rings. The Balaban J connectivity index is 1.61. The summed E-state index contributed by atoms with van der Waals surface area (Å²) in [4.78, 5) is 39.8. The Morgan fingerprint density at radius 1 is 1.11 bits per heavy atom. The third-order valence-electron chi connectivity index (χ3n) is 4.53. The molecule has 0 spiro atoms. The van der Waals surface area contributed by atoms with Gasteiger partial charge in [0, 0.05) is 24.2 Å². The van der Waals surface area contributed by atoms with Gasteiger partial charge in [0.1, 0.15) is 0 Å². The zero-order valence-electron chi connectivity index (χ0n) is 14.9. The summed E-state index contributed by atoms with van der Waals surface area (Å²) in [5.74, 6) is -0.278. The van der Waals surface area contributed by atoms with Gasteiger partial charge in [-0.05, 0) is 29.7 Å². The third kappa shape index (κ3) is 4.32. The Morgan fingerprint density at radius 2 is 1.85 bits per heavy atom. The van der Waals surface area contributed by atoms with Crippen LogP contribution in [0.5, 0.6) is 0 Å². The Kier molecular flexibility index (Phi) is 5.52. The molecular formula is C20H21N3O4. The second-order valence-electron chi connectivity index (χ2n) is 6.40. The standard InChI is InChI=1S/C20H21N3O4/c1-12-14(19(26)23-20(27)22-12)9-10-18(25)21-11-17(24)16-8-4-6-13-5-2-3-7-15(13)16/h2-8,17,24H,9-11H2,1H3,(H,21,25)(H2,22,23,26,27). The van der Waals surface area contributed by atoms with E-state index in [0.717, 1.165) is 16.3 Å². The van der Waals surface area contributed by atoms with Crippen molar-refractivity contribution in [1.82, 2.24) is 15.3 Å². The number of benzene rings is 2. The number of aryl methyl sites for hydroxylation is 1. The smallest absolute Gasteiger partial charge is 0.325 e. The van der Waals surface area contributed by atoms with E-state index in [9.17, 15) is 19.5 Å². The van der Waals surface area contributed by atoms with Gasteiger partial charge in [-0.25, -0.2) is 4.79 Å². The molecular weight excluding hydrogens is 346 g/mol. The van der Waals surface area contributed by atoms with E-state index >= 15 is 0 Å². The molecule has 0 radical (unpaired) electrons. The fourth-order valence-electron chi connectivity index (χ4n) is 3.12. The second kappa shape index (κ2) is 8.01. The monoisotopic (exact) mass is 367 g/mol. The molecule has 1 unspecified atom stereocenters. The summed E-state index contributed by atoms with van der Waals surface area (Å²) in [7, 11) is 0. The van der Waals surface area contributed by atoms with Crippen molar-refractivity contribution in [3.05, 3.63) is 80.1 Å². The molecule has 7 nitrogen and oxygen atoms in total. The molecule has 7 heteroatoms. The molecule has 1 atom stereocenters. The predicted molar refractivity (Wildman–Crippen MR) is 103 cm³/mol. The highest BCUT2D eigenvalue weighted by Crippen LogP contribution is 2.23. The summed E-state index contributed by atoms with van der Waals surface area (Å²) in [6.07, 6.45) is -0.551. The Hall–Kier alpha value is -3.19. The highest BCUT2D eigenvalue weighted by atomic mass is 16.3. The Bertz CT molecular complexity index is 1080. The van der Waals surface area contributed by atoms with Gasteiger partial charge in [0.2, 0.25) is 5.91 Å². The molecule has 0 saturated carbocycles. The summed E-state index contributed by atoms with van der Waals surface area (Å²) in [6.45, 7) is 1.70. The van der Waals surface area contributed by atoms with Crippen molar-refractivity contribution in [2.45, 2.75) is 25.9 Å². The number of carbonyl (C=O) groups is 1. The summed E-state index contributed by atoms with van der Waals surface area (Å²) in [5, 5.41) is 15.1. The molecule has 140 valence electrons. The van der Waals surface area contributed by atoms with E-state index in [4.69, 9.17) is 0 Å². The quantitative estimate of drug-likeness (QED) is 0.526. The van der Waals surface area contributed by atoms with Gasteiger partial charge in [-0.3, -0.25) is 14.6 Å². The molecule has 0 bridgehead atoms. The average Bonchev–Trinajstić information content (AvgIpc) is 2.64. The topological polar surface area (TPSA) is 115 Å². The third-order valence-corrected chi connectivity index (χ3v) is 4.53. The first-order valence-electron chi connectivity index (χ1n) is 8.70. The van der Waals surface area contributed by atoms with E-state index in [0.29, 0.717) is 11.3 Å². The van der Waals surface area contributed by atoms with Gasteiger partial charge in [0.25, 0.3) is 5.56 Å². The van der Waals surface area contributed by atoms with Crippen LogP contribution in [0.15, 0.2) is 52.1 Å². The molecule has 2 aromatic carbocycles. The van der Waals surface area contributed by atoms with Crippen LogP contribution < -0.4 is 16.6 Å². The van der Waals surface area contributed by atoms with E-state index in [1.54, 1.807) is 6.92 Å². The number of fused-ring (bicyclic) bond motifs is 1. The van der Waals surface area contributed by atoms with Crippen molar-refractivity contribution in [2.75, 3.05) is 6.54 Å². The minimum absolute atomic E-state index is 0.0772. The number of aliphatic hydroxyl groups is 1. The van der Waals surface area contributed by atoms with Crippen molar-refractivity contribution in [1.29, 1.82) is 0 Å². The number of H-pyrrole nitrogens is 2. The van der Waals surface area contributed by atoms with Gasteiger partial charge in [-0.15, -0.1) is 0 Å². The zero-order valence-corrected chi connectivity index (χ0v) is 14.9. The maximum absolute atomic E-state index is 12.1. The summed E-state index contributed by atoms with van der Waals surface area (Å²) in [6, 6.07) is 13.4. The molecule has 3 rings (SSSR count). The first kappa shape index (κ1) is 18.6. The van der Waals surface area contributed by atoms with Crippen LogP contribution in [0.1, 0.15) is 29.3 Å². The van der Waals surface area contributed by atoms with Gasteiger partial charge in [-0.2, -0.15) is 0 Å². The molecule has 0 aliphatic carbocycles. The van der Waals surface area contributed by atoms with Gasteiger partial charge in [0.05, 0.1) is 6.10 Å². The summed E-state index contributed by atoms with van der Waals surface area (Å²) in [5.41, 5.74) is 0.525. The largest absolute Gasteiger partial charge is 0.387 e. The lowest BCUT2D eigenvalue weighted by Crippen LogP contribution is -2.31. The van der Waals surface area contributed by atoms with Crippen LogP contribution in [0.4, 0.5) is 0 Å². The lowest BCUT2D eigenvalue weighted by atomic mass is 10.0. The van der Waals surface area contributed by atoms with Crippen molar-refractivity contribution in [3.63, 3.8) is 0 Å². The minimum Gasteiger partial charge on any atom is -0.387 e. The van der Waals surface area contributed by atoms with Crippen LogP contribution in [-0.2, 0) is 11.2 Å². The highest BCUT2D eigenvalue weighted by Gasteiger charge is 2.13. The number of aromatic nitrogens is 2. The fraction of sp³-hybridized carbons (Fsp3) is 0.250. The molecule has 27 heavy (non-hydrogen) atoms. The molecule has 0 fully saturated rings. The molecule has 1 heterocycles. The molecule has 0 saturated heterocycles. The van der Waals surface area contributed by atoms with E-state index in [-0.39, 0.29) is 25.3 Å². The fourth-order valence-corrected chi connectivity index (χ4v) is 3.12. The zero-order chi connectivity index (χ0) is 19.4. The van der Waals surface area contributed by atoms with E-state index < -0.39 is 17.4 Å². The number of carbonyl (C=O) groups excluding carboxylic acids is 1. The number of nitrogens with one attached hydrogen (secondary N) is 3. The molecule has 1 aromatic heterocycles. The van der Waals surface area contributed by atoms with Crippen LogP contribution in [0, 0.1) is 6.92 Å². The Labute approximate surface area is 155 Å². The number of rotatable bonds is 6. The van der Waals surface area contributed by atoms with E-state index in [1.165, 1.54) is 0 Å². The minimum atomic E-state index is -0.835. The predicted octanol–water partition coefficient (Wildman–Crippen LogP) is 1.31. The SMILES string of the molecule is Cc1[nH]c(=O)[nH]c(=O)c1CCC(=O)NCC(O)c1cccc2ccccc12. The van der Waals surface area contributed by atoms with Crippen molar-refractivity contribution < 1.29 is 9.90 Å². The number of amides is 1. The lowest BCUT2D eigenvalue weighted by Gasteiger charge is -2.15. The van der Waals surface area contributed by atoms with Gasteiger partial charge in [-0.1, -0.05) is 42.5 Å². The first-order valence-corrected chi connectivity index (χ1v) is 8.70. The van der Waals surface area contributed by atoms with Gasteiger partial charge < -0.3 is 15.4 Å². The number of aromatic amines is 2. The van der Waals surface area contributed by atoms with Crippen LogP contribution in [0.2, 0.25) is 0 Å². The normalized spacial score (nSPS) is 12.1. The van der Waals surface area contributed by atoms with E-state index in [2.05, 4.69) is 15.3 Å². The number of aliphatic hydroxyl groups excluding tert-OH is 1. The summed E-state index contributed by atoms with van der Waals surface area (Å²) < 4.78 is 0. The Morgan fingerprint density at radius 3 is 2.63 bits per heavy atom. The highest BCUT2D eigenvalue weighted by molar-refractivity contribution is 5.86. The molecule has 1 amide bonds. The van der Waals surface area contributed by atoms with Gasteiger partial charge >= 0.3 is 5.69 Å². The molecule has 4 N–H and O–H groups in total. The van der Waals surface area contributed by atoms with E-state index in [1.807, 2.05) is 42.5 Å². The number of hydrogen-bond acceptors (Lipinski definition) is 4. The lowest BCUT2D eigenvalue weighted by molar-refractivity contribution is -0.121. The average molecular weight is 367 g/mol. The second-order valence-corrected chi connectivity index (χ2v) is 6.40.